The fraction of sp³-hybridized carbons (Fsp3) is 0.300. The van der Waals surface area contributed by atoms with Gasteiger partial charge < -0.3 is 9.84 Å². The third-order valence-electron chi connectivity index (χ3n) is 2.64. The number of rotatable bonds is 2. The van der Waals surface area contributed by atoms with Crippen molar-refractivity contribution in [3.63, 3.8) is 0 Å². The Kier molecular flexibility index (Phi) is 2.80. The number of sulfonamides is 1. The van der Waals surface area contributed by atoms with Gasteiger partial charge >= 0.3 is 5.97 Å². The Morgan fingerprint density at radius 1 is 1.47 bits per heavy atom. The number of nitrogens with two attached hydrogens (primary N) is 1. The summed E-state index contributed by atoms with van der Waals surface area (Å²) in [4.78, 5) is 10.8. The standard InChI is InChI=1S/C10H11NO5S/c11-17(14,15)9-3-4-16-8-5-6(10(12)13)1-2-7(8)9/h1-2,5,9H,3-4H2,(H,12,13)(H2,11,14,15). The van der Waals surface area contributed by atoms with Crippen molar-refractivity contribution in [2.45, 2.75) is 11.7 Å². The molecule has 0 spiro atoms. The van der Waals surface area contributed by atoms with Gasteiger partial charge in [0.05, 0.1) is 12.2 Å². The molecule has 0 bridgehead atoms. The molecule has 0 fully saturated rings. The highest BCUT2D eigenvalue weighted by Crippen LogP contribution is 2.36. The molecule has 1 unspecified atom stereocenters. The molecule has 2 rings (SSSR count). The molecule has 3 N–H and O–H groups in total. The average Bonchev–Trinajstić information content (AvgIpc) is 2.26. The van der Waals surface area contributed by atoms with Crippen LogP contribution >= 0.6 is 0 Å². The Hall–Kier alpha value is -1.60. The van der Waals surface area contributed by atoms with Crippen LogP contribution in [0.4, 0.5) is 0 Å². The van der Waals surface area contributed by atoms with Gasteiger partial charge in [-0.15, -0.1) is 0 Å². The first-order valence-electron chi connectivity index (χ1n) is 4.91. The smallest absolute Gasteiger partial charge is 0.335 e. The summed E-state index contributed by atoms with van der Waals surface area (Å²) in [5, 5.41) is 13.1. The van der Waals surface area contributed by atoms with E-state index < -0.39 is 21.2 Å². The molecule has 1 atom stereocenters. The number of hydrogen-bond acceptors (Lipinski definition) is 4. The van der Waals surface area contributed by atoms with Gasteiger partial charge in [-0.1, -0.05) is 6.07 Å². The molecule has 0 radical (unpaired) electrons. The van der Waals surface area contributed by atoms with Crippen molar-refractivity contribution in [2.24, 2.45) is 5.14 Å². The van der Waals surface area contributed by atoms with E-state index in [1.807, 2.05) is 0 Å². The lowest BCUT2D eigenvalue weighted by Crippen LogP contribution is -2.27. The Labute approximate surface area is 98.1 Å². The second-order valence-electron chi connectivity index (χ2n) is 3.77. The summed E-state index contributed by atoms with van der Waals surface area (Å²) in [6.45, 7) is 0.206. The first-order chi connectivity index (χ1) is 7.89. The van der Waals surface area contributed by atoms with E-state index in [0.29, 0.717) is 5.56 Å². The third-order valence-corrected chi connectivity index (χ3v) is 3.92. The molecule has 0 saturated heterocycles. The van der Waals surface area contributed by atoms with E-state index in [1.54, 1.807) is 0 Å². The summed E-state index contributed by atoms with van der Waals surface area (Å²) < 4.78 is 28.0. The van der Waals surface area contributed by atoms with Gasteiger partial charge in [0.15, 0.2) is 0 Å². The van der Waals surface area contributed by atoms with Crippen molar-refractivity contribution in [3.8, 4) is 5.75 Å². The van der Waals surface area contributed by atoms with Gasteiger partial charge in [-0.3, -0.25) is 0 Å². The van der Waals surface area contributed by atoms with E-state index in [-0.39, 0.29) is 24.3 Å². The Morgan fingerprint density at radius 2 is 2.18 bits per heavy atom. The summed E-state index contributed by atoms with van der Waals surface area (Å²) in [6.07, 6.45) is 0.276. The van der Waals surface area contributed by atoms with Crippen LogP contribution in [0, 0.1) is 0 Å². The molecule has 92 valence electrons. The number of fused-ring (bicyclic) bond motifs is 1. The molecule has 1 aliphatic rings. The van der Waals surface area contributed by atoms with Crippen LogP contribution in [0.25, 0.3) is 0 Å². The highest BCUT2D eigenvalue weighted by Gasteiger charge is 2.30. The van der Waals surface area contributed by atoms with Gasteiger partial charge in [0.1, 0.15) is 11.0 Å². The number of benzene rings is 1. The van der Waals surface area contributed by atoms with Crippen molar-refractivity contribution in [1.82, 2.24) is 0 Å². The molecule has 0 aliphatic carbocycles. The van der Waals surface area contributed by atoms with E-state index in [4.69, 9.17) is 15.0 Å². The summed E-state index contributed by atoms with van der Waals surface area (Å²) in [5.41, 5.74) is 0.475. The topological polar surface area (TPSA) is 107 Å². The van der Waals surface area contributed by atoms with Gasteiger partial charge in [-0.25, -0.2) is 18.4 Å². The molecule has 1 aromatic carbocycles. The number of ether oxygens (including phenoxy) is 1. The molecular formula is C10H11NO5S. The highest BCUT2D eigenvalue weighted by atomic mass is 32.2. The lowest BCUT2D eigenvalue weighted by molar-refractivity contribution is 0.0696. The Bertz CT molecular complexity index is 566. The van der Waals surface area contributed by atoms with E-state index in [1.165, 1.54) is 18.2 Å². The minimum atomic E-state index is -3.70. The lowest BCUT2D eigenvalue weighted by Gasteiger charge is -2.24. The third kappa shape index (κ3) is 2.25. The first kappa shape index (κ1) is 11.9. The summed E-state index contributed by atoms with van der Waals surface area (Å²) in [5.74, 6) is -0.815. The molecule has 1 aromatic rings. The minimum Gasteiger partial charge on any atom is -0.493 e. The quantitative estimate of drug-likeness (QED) is 0.802. The lowest BCUT2D eigenvalue weighted by atomic mass is 10.0. The van der Waals surface area contributed by atoms with Crippen LogP contribution in [-0.4, -0.2) is 26.1 Å². The van der Waals surface area contributed by atoms with Crippen molar-refractivity contribution < 1.29 is 23.1 Å². The summed E-state index contributed by atoms with van der Waals surface area (Å²) in [6, 6.07) is 4.09. The predicted molar refractivity (Wildman–Crippen MR) is 59.4 cm³/mol. The normalized spacial score (nSPS) is 19.2. The van der Waals surface area contributed by atoms with Crippen LogP contribution in [0.5, 0.6) is 5.75 Å². The zero-order valence-electron chi connectivity index (χ0n) is 8.79. The average molecular weight is 257 g/mol. The van der Waals surface area contributed by atoms with E-state index >= 15 is 0 Å². The fourth-order valence-electron chi connectivity index (χ4n) is 1.83. The molecular weight excluding hydrogens is 246 g/mol. The van der Waals surface area contributed by atoms with Crippen molar-refractivity contribution in [2.75, 3.05) is 6.61 Å². The Balaban J connectivity index is 2.51. The largest absolute Gasteiger partial charge is 0.493 e. The Morgan fingerprint density at radius 3 is 2.76 bits per heavy atom. The van der Waals surface area contributed by atoms with Crippen LogP contribution in [-0.2, 0) is 10.0 Å². The van der Waals surface area contributed by atoms with Crippen LogP contribution in [0.1, 0.15) is 27.6 Å². The van der Waals surface area contributed by atoms with Crippen molar-refractivity contribution in [3.05, 3.63) is 29.3 Å². The molecule has 7 heteroatoms. The van der Waals surface area contributed by atoms with E-state index in [2.05, 4.69) is 0 Å². The maximum Gasteiger partial charge on any atom is 0.335 e. The number of carboxylic acid groups (broad SMARTS) is 1. The highest BCUT2D eigenvalue weighted by molar-refractivity contribution is 7.89. The monoisotopic (exact) mass is 257 g/mol. The zero-order valence-corrected chi connectivity index (χ0v) is 9.61. The maximum atomic E-state index is 11.4. The van der Waals surface area contributed by atoms with Crippen LogP contribution in [0.2, 0.25) is 0 Å². The first-order valence-corrected chi connectivity index (χ1v) is 6.52. The fourth-order valence-corrected chi connectivity index (χ4v) is 2.80. The number of aromatic carboxylic acids is 1. The van der Waals surface area contributed by atoms with Crippen LogP contribution < -0.4 is 9.88 Å². The second-order valence-corrected chi connectivity index (χ2v) is 5.52. The molecule has 1 aliphatic heterocycles. The second kappa shape index (κ2) is 4.01. The number of primary sulfonamides is 1. The van der Waals surface area contributed by atoms with E-state index in [9.17, 15) is 13.2 Å². The van der Waals surface area contributed by atoms with Gasteiger partial charge in [0.25, 0.3) is 0 Å². The predicted octanol–water partition coefficient (Wildman–Crippen LogP) is 0.497. The van der Waals surface area contributed by atoms with Crippen LogP contribution in [0.15, 0.2) is 18.2 Å². The molecule has 0 amide bonds. The van der Waals surface area contributed by atoms with Gasteiger partial charge in [-0.05, 0) is 12.1 Å². The number of carbonyl (C=O) groups is 1. The summed E-state index contributed by atoms with van der Waals surface area (Å²) in [7, 11) is -3.70. The molecule has 17 heavy (non-hydrogen) atoms. The van der Waals surface area contributed by atoms with Crippen molar-refractivity contribution >= 4 is 16.0 Å². The summed E-state index contributed by atoms with van der Waals surface area (Å²) >= 11 is 0. The number of carboxylic acids is 1. The minimum absolute atomic E-state index is 0.0545. The van der Waals surface area contributed by atoms with E-state index in [0.717, 1.165) is 0 Å². The maximum absolute atomic E-state index is 11.4. The molecule has 0 saturated carbocycles. The number of hydrogen-bond donors (Lipinski definition) is 2. The molecule has 1 heterocycles. The van der Waals surface area contributed by atoms with Crippen LogP contribution in [0.3, 0.4) is 0 Å². The SMILES string of the molecule is NS(=O)(=O)C1CCOc2cc(C(=O)O)ccc21. The van der Waals surface area contributed by atoms with Gasteiger partial charge in [0.2, 0.25) is 10.0 Å². The van der Waals surface area contributed by atoms with Crippen molar-refractivity contribution in [1.29, 1.82) is 0 Å². The molecule has 6 nitrogen and oxygen atoms in total. The van der Waals surface area contributed by atoms with Gasteiger partial charge in [-0.2, -0.15) is 0 Å². The zero-order chi connectivity index (χ0) is 12.6. The van der Waals surface area contributed by atoms with Gasteiger partial charge in [0, 0.05) is 12.0 Å². The molecule has 0 aromatic heterocycles.